The summed E-state index contributed by atoms with van der Waals surface area (Å²) in [6.07, 6.45) is 1.12. The zero-order valence-corrected chi connectivity index (χ0v) is 16.9. The van der Waals surface area contributed by atoms with Crippen molar-refractivity contribution in [1.29, 1.82) is 0 Å². The van der Waals surface area contributed by atoms with Gasteiger partial charge in [-0.3, -0.25) is 0 Å². The summed E-state index contributed by atoms with van der Waals surface area (Å²) in [5, 5.41) is 0. The van der Waals surface area contributed by atoms with Gasteiger partial charge in [-0.05, 0) is 51.2 Å². The van der Waals surface area contributed by atoms with E-state index in [1.807, 2.05) is 19.9 Å². The Bertz CT molecular complexity index is 823. The maximum atomic E-state index is 13.6. The Kier molecular flexibility index (Phi) is 6.49. The molecule has 1 fully saturated rings. The predicted octanol–water partition coefficient (Wildman–Crippen LogP) is 5.76. The van der Waals surface area contributed by atoms with Crippen molar-refractivity contribution in [3.05, 3.63) is 36.0 Å². The fourth-order valence-electron chi connectivity index (χ4n) is 3.22. The molecule has 0 bridgehead atoms. The number of nitrogens with zero attached hydrogens (tertiary/aromatic N) is 3. The summed E-state index contributed by atoms with van der Waals surface area (Å²) >= 11 is 0. The van der Waals surface area contributed by atoms with E-state index in [2.05, 4.69) is 9.97 Å². The Labute approximate surface area is 168 Å². The molecular formula is C21H26F3N3O2. The van der Waals surface area contributed by atoms with Crippen LogP contribution in [0.5, 0.6) is 11.8 Å². The molecule has 1 aliphatic rings. The van der Waals surface area contributed by atoms with Gasteiger partial charge in [0.15, 0.2) is 5.82 Å². The molecule has 0 aliphatic heterocycles. The predicted molar refractivity (Wildman–Crippen MR) is 105 cm³/mol. The molecule has 2 aromatic rings. The van der Waals surface area contributed by atoms with Gasteiger partial charge in [-0.15, -0.1) is 0 Å². The molecule has 1 aromatic carbocycles. The molecule has 29 heavy (non-hydrogen) atoms. The van der Waals surface area contributed by atoms with Crippen LogP contribution < -0.4 is 14.4 Å². The van der Waals surface area contributed by atoms with Crippen LogP contribution in [-0.4, -0.2) is 29.2 Å². The molecule has 8 heteroatoms. The summed E-state index contributed by atoms with van der Waals surface area (Å²) < 4.78 is 52.2. The lowest BCUT2D eigenvalue weighted by Crippen LogP contribution is -2.20. The fraction of sp³-hybridized carbons (Fsp3) is 0.524. The Balaban J connectivity index is 1.91. The third-order valence-electron chi connectivity index (χ3n) is 5.06. The van der Waals surface area contributed by atoms with Crippen LogP contribution in [0.15, 0.2) is 30.5 Å². The minimum absolute atomic E-state index is 0.0763. The standard InChI is InChI=1S/C21H26F3N3O2/c1-4-14(2)28-20-25-13-18(21(22,23)24)19(26-20)27(3)15-8-7-11-17(12-15)29-16-9-5-6-10-16/h7-8,11-14,16H,4-6,9-10H2,1-3H3. The van der Waals surface area contributed by atoms with Crippen molar-refractivity contribution in [3.63, 3.8) is 0 Å². The van der Waals surface area contributed by atoms with Crippen LogP contribution in [0.3, 0.4) is 0 Å². The van der Waals surface area contributed by atoms with Crippen LogP contribution >= 0.6 is 0 Å². The first-order chi connectivity index (χ1) is 13.8. The van der Waals surface area contributed by atoms with Crippen LogP contribution in [0.25, 0.3) is 0 Å². The highest BCUT2D eigenvalue weighted by Gasteiger charge is 2.37. The van der Waals surface area contributed by atoms with Gasteiger partial charge in [0.1, 0.15) is 11.3 Å². The molecule has 0 amide bonds. The number of ether oxygens (including phenoxy) is 2. The van der Waals surface area contributed by atoms with Gasteiger partial charge in [-0.1, -0.05) is 13.0 Å². The molecule has 1 heterocycles. The summed E-state index contributed by atoms with van der Waals surface area (Å²) in [6.45, 7) is 3.73. The van der Waals surface area contributed by atoms with E-state index >= 15 is 0 Å². The topological polar surface area (TPSA) is 47.5 Å². The molecule has 5 nitrogen and oxygen atoms in total. The Morgan fingerprint density at radius 1 is 1.24 bits per heavy atom. The first-order valence-corrected chi connectivity index (χ1v) is 9.89. The van der Waals surface area contributed by atoms with Gasteiger partial charge < -0.3 is 14.4 Å². The van der Waals surface area contributed by atoms with Gasteiger partial charge in [0.05, 0.1) is 12.2 Å². The average molecular weight is 409 g/mol. The minimum atomic E-state index is -4.59. The van der Waals surface area contributed by atoms with Crippen molar-refractivity contribution < 1.29 is 22.6 Å². The molecule has 3 rings (SSSR count). The highest BCUT2D eigenvalue weighted by atomic mass is 19.4. The Morgan fingerprint density at radius 3 is 2.62 bits per heavy atom. The largest absolute Gasteiger partial charge is 0.490 e. The summed E-state index contributed by atoms with van der Waals surface area (Å²) in [6, 6.07) is 6.96. The summed E-state index contributed by atoms with van der Waals surface area (Å²) in [5.74, 6) is 0.378. The van der Waals surface area contributed by atoms with Crippen molar-refractivity contribution in [2.24, 2.45) is 0 Å². The van der Waals surface area contributed by atoms with E-state index in [1.165, 1.54) is 4.90 Å². The number of anilines is 2. The zero-order chi connectivity index (χ0) is 21.0. The van der Waals surface area contributed by atoms with Gasteiger partial charge >= 0.3 is 12.2 Å². The highest BCUT2D eigenvalue weighted by Crippen LogP contribution is 2.38. The minimum Gasteiger partial charge on any atom is -0.490 e. The van der Waals surface area contributed by atoms with Gasteiger partial charge in [-0.25, -0.2) is 4.98 Å². The van der Waals surface area contributed by atoms with Gasteiger partial charge in [0.25, 0.3) is 0 Å². The van der Waals surface area contributed by atoms with Gasteiger partial charge in [-0.2, -0.15) is 18.2 Å². The van der Waals surface area contributed by atoms with Gasteiger partial charge in [0.2, 0.25) is 0 Å². The third kappa shape index (κ3) is 5.31. The molecule has 1 aliphatic carbocycles. The molecule has 1 atom stereocenters. The molecule has 1 aromatic heterocycles. The van der Waals surface area contributed by atoms with Crippen molar-refractivity contribution in [3.8, 4) is 11.8 Å². The number of halogens is 3. The maximum Gasteiger partial charge on any atom is 0.421 e. The fourth-order valence-corrected chi connectivity index (χ4v) is 3.22. The second-order valence-electron chi connectivity index (χ2n) is 7.31. The van der Waals surface area contributed by atoms with E-state index in [0.717, 1.165) is 31.9 Å². The molecule has 0 saturated heterocycles. The molecule has 0 spiro atoms. The number of benzene rings is 1. The lowest BCUT2D eigenvalue weighted by atomic mass is 10.2. The third-order valence-corrected chi connectivity index (χ3v) is 5.06. The van der Waals surface area contributed by atoms with Crippen LogP contribution in [0.2, 0.25) is 0 Å². The Morgan fingerprint density at radius 2 is 1.97 bits per heavy atom. The second-order valence-corrected chi connectivity index (χ2v) is 7.31. The highest BCUT2D eigenvalue weighted by molar-refractivity contribution is 5.64. The maximum absolute atomic E-state index is 13.6. The number of alkyl halides is 3. The number of aromatic nitrogens is 2. The number of rotatable bonds is 7. The molecule has 0 radical (unpaired) electrons. The average Bonchev–Trinajstić information content (AvgIpc) is 3.19. The molecule has 1 saturated carbocycles. The quantitative estimate of drug-likeness (QED) is 0.582. The van der Waals surface area contributed by atoms with Crippen molar-refractivity contribution in [2.45, 2.75) is 64.3 Å². The van der Waals surface area contributed by atoms with Crippen LogP contribution in [0, 0.1) is 0 Å². The van der Waals surface area contributed by atoms with Crippen molar-refractivity contribution >= 4 is 11.5 Å². The lowest BCUT2D eigenvalue weighted by Gasteiger charge is -2.24. The van der Waals surface area contributed by atoms with E-state index in [0.29, 0.717) is 17.9 Å². The molecule has 0 N–H and O–H groups in total. The normalized spacial score (nSPS) is 15.9. The van der Waals surface area contributed by atoms with E-state index in [-0.39, 0.29) is 24.0 Å². The lowest BCUT2D eigenvalue weighted by molar-refractivity contribution is -0.137. The van der Waals surface area contributed by atoms with E-state index in [1.54, 1.807) is 25.2 Å². The van der Waals surface area contributed by atoms with Crippen LogP contribution in [-0.2, 0) is 6.18 Å². The smallest absolute Gasteiger partial charge is 0.421 e. The Hall–Kier alpha value is -2.51. The molecule has 158 valence electrons. The van der Waals surface area contributed by atoms with Gasteiger partial charge in [0, 0.05) is 25.0 Å². The van der Waals surface area contributed by atoms with Crippen LogP contribution in [0.1, 0.15) is 51.5 Å². The van der Waals surface area contributed by atoms with Crippen LogP contribution in [0.4, 0.5) is 24.7 Å². The van der Waals surface area contributed by atoms with E-state index in [4.69, 9.17) is 9.47 Å². The molecular weight excluding hydrogens is 383 g/mol. The first-order valence-electron chi connectivity index (χ1n) is 9.89. The number of hydrogen-bond donors (Lipinski definition) is 0. The monoisotopic (exact) mass is 409 g/mol. The van der Waals surface area contributed by atoms with E-state index < -0.39 is 11.7 Å². The summed E-state index contributed by atoms with van der Waals surface area (Å²) in [5.41, 5.74) is -0.377. The van der Waals surface area contributed by atoms with Crippen molar-refractivity contribution in [1.82, 2.24) is 9.97 Å². The van der Waals surface area contributed by atoms with E-state index in [9.17, 15) is 13.2 Å². The first kappa shape index (κ1) is 21.2. The summed E-state index contributed by atoms with van der Waals surface area (Å²) in [4.78, 5) is 9.20. The zero-order valence-electron chi connectivity index (χ0n) is 16.9. The van der Waals surface area contributed by atoms with Crippen molar-refractivity contribution in [2.75, 3.05) is 11.9 Å². The SMILES string of the molecule is CCC(C)Oc1ncc(C(F)(F)F)c(N(C)c2cccc(OC3CCCC3)c2)n1. The summed E-state index contributed by atoms with van der Waals surface area (Å²) in [7, 11) is 1.54. The molecule has 1 unspecified atom stereocenters. The number of hydrogen-bond acceptors (Lipinski definition) is 5. The second kappa shape index (κ2) is 8.88.